The zero-order chi connectivity index (χ0) is 22.1. The Bertz CT molecular complexity index is 1060. The Kier molecular flexibility index (Phi) is 6.07. The van der Waals surface area contributed by atoms with E-state index < -0.39 is 23.7 Å². The maximum Gasteiger partial charge on any atom is 0.437 e. The number of amides is 1. The van der Waals surface area contributed by atoms with Gasteiger partial charge in [-0.3, -0.25) is 5.32 Å². The number of nitrogens with zero attached hydrogens (tertiary/aromatic N) is 2. The minimum Gasteiger partial charge on any atom is -0.406 e. The van der Waals surface area contributed by atoms with Crippen molar-refractivity contribution >= 4 is 23.4 Å². The van der Waals surface area contributed by atoms with Crippen LogP contribution in [0.1, 0.15) is 36.6 Å². The number of carbonyl (C=O) groups is 1. The number of nitrogens with one attached hydrogen (secondary N) is 1. The molecule has 30 heavy (non-hydrogen) atoms. The Labute approximate surface area is 176 Å². The topological polar surface area (TPSA) is 56.1 Å². The summed E-state index contributed by atoms with van der Waals surface area (Å²) in [5.74, 6) is -0.603. The molecule has 9 heteroatoms. The Balaban J connectivity index is 1.92. The Hall–Kier alpha value is -3.00. The van der Waals surface area contributed by atoms with Gasteiger partial charge in [-0.25, -0.2) is 9.48 Å². The zero-order valence-corrected chi connectivity index (χ0v) is 17.2. The van der Waals surface area contributed by atoms with E-state index in [9.17, 15) is 18.0 Å². The number of alkyl halides is 3. The third-order valence-corrected chi connectivity index (χ3v) is 4.68. The SMILES string of the molecule is Cc1cccc(C(C)C)c1NC(=O)Oc1cnn(-c2ccc(Cl)cc2)c1C(F)(F)F. The van der Waals surface area contributed by atoms with Gasteiger partial charge in [0.25, 0.3) is 0 Å². The first kappa shape index (κ1) is 21.7. The molecule has 0 spiro atoms. The van der Waals surface area contributed by atoms with Crippen molar-refractivity contribution in [2.24, 2.45) is 0 Å². The molecule has 0 aliphatic heterocycles. The van der Waals surface area contributed by atoms with Crippen LogP contribution < -0.4 is 10.1 Å². The second-order valence-electron chi connectivity index (χ2n) is 6.95. The molecule has 0 bridgehead atoms. The van der Waals surface area contributed by atoms with Crippen molar-refractivity contribution in [3.63, 3.8) is 0 Å². The van der Waals surface area contributed by atoms with Crippen LogP contribution in [-0.4, -0.2) is 15.9 Å². The van der Waals surface area contributed by atoms with Crippen molar-refractivity contribution in [2.45, 2.75) is 32.9 Å². The molecule has 0 radical (unpaired) electrons. The molecule has 0 unspecified atom stereocenters. The number of rotatable bonds is 4. The summed E-state index contributed by atoms with van der Waals surface area (Å²) in [5.41, 5.74) is 1.05. The molecule has 0 aliphatic carbocycles. The summed E-state index contributed by atoms with van der Waals surface area (Å²) >= 11 is 5.80. The van der Waals surface area contributed by atoms with Crippen molar-refractivity contribution in [3.05, 3.63) is 70.5 Å². The van der Waals surface area contributed by atoms with Gasteiger partial charge in [0.1, 0.15) is 0 Å². The summed E-state index contributed by atoms with van der Waals surface area (Å²) in [6, 6.07) is 11.1. The lowest BCUT2D eigenvalue weighted by atomic mass is 9.98. The minimum atomic E-state index is -4.81. The molecule has 158 valence electrons. The number of aryl methyl sites for hydroxylation is 1. The smallest absolute Gasteiger partial charge is 0.406 e. The molecule has 0 aliphatic rings. The summed E-state index contributed by atoms with van der Waals surface area (Å²) in [4.78, 5) is 12.4. The van der Waals surface area contributed by atoms with E-state index in [0.717, 1.165) is 17.3 Å². The predicted octanol–water partition coefficient (Wildman–Crippen LogP) is 6.59. The van der Waals surface area contributed by atoms with Gasteiger partial charge in [-0.1, -0.05) is 43.6 Å². The summed E-state index contributed by atoms with van der Waals surface area (Å²) in [6.07, 6.45) is -4.98. The van der Waals surface area contributed by atoms with Crippen molar-refractivity contribution in [3.8, 4) is 11.4 Å². The summed E-state index contributed by atoms with van der Waals surface area (Å²) in [6.45, 7) is 5.69. The van der Waals surface area contributed by atoms with E-state index in [1.807, 2.05) is 26.0 Å². The number of para-hydroxylation sites is 1. The van der Waals surface area contributed by atoms with Crippen LogP contribution in [0.5, 0.6) is 5.75 Å². The van der Waals surface area contributed by atoms with Crippen molar-refractivity contribution in [1.29, 1.82) is 0 Å². The fourth-order valence-electron chi connectivity index (χ4n) is 3.02. The molecule has 1 amide bonds. The largest absolute Gasteiger partial charge is 0.437 e. The fourth-order valence-corrected chi connectivity index (χ4v) is 3.14. The lowest BCUT2D eigenvalue weighted by Gasteiger charge is -2.17. The Morgan fingerprint density at radius 2 is 1.83 bits per heavy atom. The molecule has 0 fully saturated rings. The van der Waals surface area contributed by atoms with Gasteiger partial charge >= 0.3 is 12.3 Å². The van der Waals surface area contributed by atoms with Gasteiger partial charge in [0.15, 0.2) is 11.4 Å². The van der Waals surface area contributed by atoms with E-state index in [1.54, 1.807) is 13.0 Å². The number of hydrogen-bond donors (Lipinski definition) is 1. The third-order valence-electron chi connectivity index (χ3n) is 4.43. The van der Waals surface area contributed by atoms with E-state index >= 15 is 0 Å². The van der Waals surface area contributed by atoms with Crippen LogP contribution >= 0.6 is 11.6 Å². The maximum atomic E-state index is 13.7. The van der Waals surface area contributed by atoms with E-state index in [0.29, 0.717) is 15.4 Å². The minimum absolute atomic E-state index is 0.0959. The molecule has 5 nitrogen and oxygen atoms in total. The monoisotopic (exact) mass is 437 g/mol. The van der Waals surface area contributed by atoms with Gasteiger partial charge in [-0.2, -0.15) is 18.3 Å². The normalized spacial score (nSPS) is 11.6. The van der Waals surface area contributed by atoms with Crippen LogP contribution in [0.4, 0.5) is 23.7 Å². The van der Waals surface area contributed by atoms with Crippen molar-refractivity contribution in [2.75, 3.05) is 5.32 Å². The number of halogens is 4. The molecule has 1 aromatic heterocycles. The molecule has 2 aromatic carbocycles. The molecule has 0 saturated heterocycles. The van der Waals surface area contributed by atoms with Gasteiger partial charge in [0.05, 0.1) is 17.6 Å². The molecule has 0 saturated carbocycles. The number of ether oxygens (including phenoxy) is 1. The lowest BCUT2D eigenvalue weighted by molar-refractivity contribution is -0.143. The lowest BCUT2D eigenvalue weighted by Crippen LogP contribution is -2.21. The number of hydrogen-bond acceptors (Lipinski definition) is 3. The van der Waals surface area contributed by atoms with Crippen LogP contribution in [0.3, 0.4) is 0 Å². The molecule has 0 atom stereocenters. The first-order chi connectivity index (χ1) is 14.1. The quantitative estimate of drug-likeness (QED) is 0.501. The highest BCUT2D eigenvalue weighted by atomic mass is 35.5. The predicted molar refractivity (Wildman–Crippen MR) is 108 cm³/mol. The van der Waals surface area contributed by atoms with E-state index in [2.05, 4.69) is 10.4 Å². The average Bonchev–Trinajstić information content (AvgIpc) is 3.07. The number of benzene rings is 2. The second kappa shape index (κ2) is 8.39. The molecular formula is C21H19ClF3N3O2. The van der Waals surface area contributed by atoms with Gasteiger partial charge in [0.2, 0.25) is 0 Å². The number of anilines is 1. The third kappa shape index (κ3) is 4.59. The zero-order valence-electron chi connectivity index (χ0n) is 16.4. The van der Waals surface area contributed by atoms with Crippen LogP contribution in [0, 0.1) is 6.92 Å². The van der Waals surface area contributed by atoms with Gasteiger partial charge in [0, 0.05) is 5.02 Å². The number of carbonyl (C=O) groups excluding carboxylic acids is 1. The Morgan fingerprint density at radius 1 is 1.17 bits per heavy atom. The summed E-state index contributed by atoms with van der Waals surface area (Å²) in [5, 5.41) is 6.69. The highest BCUT2D eigenvalue weighted by Crippen LogP contribution is 2.38. The fraction of sp³-hybridized carbons (Fsp3) is 0.238. The molecule has 3 aromatic rings. The molecule has 1 N–H and O–H groups in total. The van der Waals surface area contributed by atoms with Crippen LogP contribution in [0.25, 0.3) is 5.69 Å². The van der Waals surface area contributed by atoms with E-state index in [-0.39, 0.29) is 11.6 Å². The summed E-state index contributed by atoms with van der Waals surface area (Å²) in [7, 11) is 0. The van der Waals surface area contributed by atoms with Crippen LogP contribution in [0.2, 0.25) is 5.02 Å². The van der Waals surface area contributed by atoms with E-state index in [4.69, 9.17) is 16.3 Å². The number of aromatic nitrogens is 2. The first-order valence-corrected chi connectivity index (χ1v) is 9.45. The van der Waals surface area contributed by atoms with Crippen molar-refractivity contribution in [1.82, 2.24) is 9.78 Å². The standard InChI is InChI=1S/C21H19ClF3N3O2/c1-12(2)16-6-4-5-13(3)18(16)27-20(29)30-17-11-26-28(19(17)21(23,24)25)15-9-7-14(22)8-10-15/h4-12H,1-3H3,(H,27,29). The second-order valence-corrected chi connectivity index (χ2v) is 7.39. The molecule has 3 rings (SSSR count). The van der Waals surface area contributed by atoms with E-state index in [1.165, 1.54) is 24.3 Å². The molecule has 1 heterocycles. The van der Waals surface area contributed by atoms with Gasteiger partial charge < -0.3 is 4.74 Å². The van der Waals surface area contributed by atoms with Gasteiger partial charge in [-0.15, -0.1) is 0 Å². The van der Waals surface area contributed by atoms with Crippen LogP contribution in [-0.2, 0) is 6.18 Å². The highest BCUT2D eigenvalue weighted by molar-refractivity contribution is 6.30. The first-order valence-electron chi connectivity index (χ1n) is 9.07. The van der Waals surface area contributed by atoms with Crippen LogP contribution in [0.15, 0.2) is 48.7 Å². The van der Waals surface area contributed by atoms with Gasteiger partial charge in [-0.05, 0) is 48.2 Å². The van der Waals surface area contributed by atoms with Crippen molar-refractivity contribution < 1.29 is 22.7 Å². The Morgan fingerprint density at radius 3 is 2.43 bits per heavy atom. The summed E-state index contributed by atoms with van der Waals surface area (Å²) < 4.78 is 46.8. The highest BCUT2D eigenvalue weighted by Gasteiger charge is 2.40. The molecular weight excluding hydrogens is 419 g/mol. The average molecular weight is 438 g/mol. The maximum absolute atomic E-state index is 13.7.